The molecule has 3 atom stereocenters. The highest BCUT2D eigenvalue weighted by atomic mass is 16.5. The summed E-state index contributed by atoms with van der Waals surface area (Å²) in [6.45, 7) is 9.20. The maximum Gasteiger partial charge on any atom is 0.119 e. The first-order valence-corrected chi connectivity index (χ1v) is 12.2. The number of methoxy groups -OCH3 is 1. The van der Waals surface area contributed by atoms with E-state index in [1.807, 2.05) is 0 Å². The normalized spacial score (nSPS) is 25.9. The molecule has 0 radical (unpaired) electrons. The number of benzene rings is 2. The van der Waals surface area contributed by atoms with Crippen molar-refractivity contribution in [2.75, 3.05) is 53.0 Å². The molecule has 5 rings (SSSR count). The van der Waals surface area contributed by atoms with Crippen molar-refractivity contribution in [3.8, 4) is 11.5 Å². The molecule has 2 aromatic carbocycles. The zero-order chi connectivity index (χ0) is 21.9. The van der Waals surface area contributed by atoms with E-state index in [-0.39, 0.29) is 0 Å². The van der Waals surface area contributed by atoms with Gasteiger partial charge in [0.25, 0.3) is 0 Å². The summed E-state index contributed by atoms with van der Waals surface area (Å²) in [7, 11) is 1.72. The Bertz CT molecular complexity index is 900. The van der Waals surface area contributed by atoms with Gasteiger partial charge >= 0.3 is 0 Å². The minimum Gasteiger partial charge on any atom is -0.497 e. The molecule has 0 N–H and O–H groups in total. The lowest BCUT2D eigenvalue weighted by Crippen LogP contribution is -2.41. The van der Waals surface area contributed by atoms with Gasteiger partial charge in [0.2, 0.25) is 0 Å². The zero-order valence-corrected chi connectivity index (χ0v) is 19.5. The molecule has 3 aliphatic rings. The molecule has 3 heterocycles. The molecule has 0 bridgehead atoms. The molecule has 1 unspecified atom stereocenters. The Labute approximate surface area is 192 Å². The summed E-state index contributed by atoms with van der Waals surface area (Å²) in [6.07, 6.45) is 3.93. The Morgan fingerprint density at radius 1 is 1.00 bits per heavy atom. The summed E-state index contributed by atoms with van der Waals surface area (Å²) in [4.78, 5) is 5.15. The number of rotatable bonds is 7. The topological polar surface area (TPSA) is 34.2 Å². The van der Waals surface area contributed by atoms with Gasteiger partial charge in [-0.1, -0.05) is 18.2 Å². The van der Waals surface area contributed by atoms with Gasteiger partial charge in [-0.15, -0.1) is 0 Å². The molecule has 0 saturated carbocycles. The van der Waals surface area contributed by atoms with E-state index < -0.39 is 0 Å². The third-order valence-electron chi connectivity index (χ3n) is 7.30. The first-order valence-electron chi connectivity index (χ1n) is 12.2. The van der Waals surface area contributed by atoms with Gasteiger partial charge in [0.15, 0.2) is 0 Å². The minimum atomic E-state index is 0.346. The molecule has 2 aromatic rings. The lowest BCUT2D eigenvalue weighted by molar-refractivity contribution is -0.0193. The highest BCUT2D eigenvalue weighted by Crippen LogP contribution is 2.45. The van der Waals surface area contributed by atoms with Crippen molar-refractivity contribution in [3.63, 3.8) is 0 Å². The summed E-state index contributed by atoms with van der Waals surface area (Å²) in [5, 5.41) is 0. The average Bonchev–Trinajstić information content (AvgIpc) is 3.30. The minimum absolute atomic E-state index is 0.346. The lowest BCUT2D eigenvalue weighted by atomic mass is 9.81. The van der Waals surface area contributed by atoms with Crippen LogP contribution in [0.15, 0.2) is 42.5 Å². The third kappa shape index (κ3) is 4.66. The fraction of sp³-hybridized carbons (Fsp3) is 0.556. The number of hydrogen-bond acceptors (Lipinski definition) is 5. The van der Waals surface area contributed by atoms with Gasteiger partial charge in [0.1, 0.15) is 11.5 Å². The summed E-state index contributed by atoms with van der Waals surface area (Å²) in [5.41, 5.74) is 4.30. The first-order chi connectivity index (χ1) is 15.7. The molecule has 3 aliphatic heterocycles. The predicted octanol–water partition coefficient (Wildman–Crippen LogP) is 4.47. The van der Waals surface area contributed by atoms with Crippen LogP contribution in [0.3, 0.4) is 0 Å². The Hall–Kier alpha value is -2.08. The summed E-state index contributed by atoms with van der Waals surface area (Å²) >= 11 is 0. The molecule has 172 valence electrons. The van der Waals surface area contributed by atoms with E-state index in [0.29, 0.717) is 18.1 Å². The molecule has 0 spiro atoms. The number of hydrogen-bond donors (Lipinski definition) is 0. The van der Waals surface area contributed by atoms with Crippen LogP contribution in [0.2, 0.25) is 0 Å². The molecular formula is C27H36N2O3. The quantitative estimate of drug-likeness (QED) is 0.599. The smallest absolute Gasteiger partial charge is 0.119 e. The van der Waals surface area contributed by atoms with Crippen LogP contribution in [0.5, 0.6) is 11.5 Å². The largest absolute Gasteiger partial charge is 0.497 e. The van der Waals surface area contributed by atoms with E-state index in [1.165, 1.54) is 36.1 Å². The fourth-order valence-electron chi connectivity index (χ4n) is 5.67. The second-order valence-corrected chi connectivity index (χ2v) is 9.45. The van der Waals surface area contributed by atoms with E-state index >= 15 is 0 Å². The molecule has 5 nitrogen and oxygen atoms in total. The van der Waals surface area contributed by atoms with E-state index in [0.717, 1.165) is 57.3 Å². The van der Waals surface area contributed by atoms with Crippen LogP contribution in [0.4, 0.5) is 0 Å². The van der Waals surface area contributed by atoms with Crippen molar-refractivity contribution in [3.05, 3.63) is 59.2 Å². The average molecular weight is 437 g/mol. The summed E-state index contributed by atoms with van der Waals surface area (Å²) in [6, 6.07) is 16.0. The van der Waals surface area contributed by atoms with E-state index in [4.69, 9.17) is 14.2 Å². The highest BCUT2D eigenvalue weighted by Gasteiger charge is 2.36. The predicted molar refractivity (Wildman–Crippen MR) is 127 cm³/mol. The van der Waals surface area contributed by atoms with E-state index in [9.17, 15) is 0 Å². The van der Waals surface area contributed by atoms with Crippen molar-refractivity contribution >= 4 is 0 Å². The van der Waals surface area contributed by atoms with Crippen LogP contribution in [-0.4, -0.2) is 69.0 Å². The second kappa shape index (κ2) is 9.82. The second-order valence-electron chi connectivity index (χ2n) is 9.45. The Morgan fingerprint density at radius 2 is 1.84 bits per heavy atom. The Morgan fingerprint density at radius 3 is 2.66 bits per heavy atom. The molecule has 0 aliphatic carbocycles. The summed E-state index contributed by atoms with van der Waals surface area (Å²) < 4.78 is 17.2. The lowest BCUT2D eigenvalue weighted by Gasteiger charge is -2.37. The number of morpholine rings is 1. The number of ether oxygens (including phenoxy) is 3. The van der Waals surface area contributed by atoms with Crippen LogP contribution in [0.1, 0.15) is 54.8 Å². The van der Waals surface area contributed by atoms with Gasteiger partial charge in [-0.05, 0) is 73.7 Å². The molecule has 2 fully saturated rings. The van der Waals surface area contributed by atoms with Crippen molar-refractivity contribution in [1.82, 2.24) is 9.80 Å². The van der Waals surface area contributed by atoms with Crippen LogP contribution >= 0.6 is 0 Å². The van der Waals surface area contributed by atoms with Crippen molar-refractivity contribution in [2.24, 2.45) is 0 Å². The molecule has 5 heteroatoms. The highest BCUT2D eigenvalue weighted by molar-refractivity contribution is 5.47. The van der Waals surface area contributed by atoms with Gasteiger partial charge in [-0.2, -0.15) is 0 Å². The Kier molecular flexibility index (Phi) is 6.67. The van der Waals surface area contributed by atoms with Crippen molar-refractivity contribution < 1.29 is 14.2 Å². The Balaban J connectivity index is 1.27. The summed E-state index contributed by atoms with van der Waals surface area (Å²) in [5.74, 6) is 2.34. The molecule has 2 saturated heterocycles. The van der Waals surface area contributed by atoms with Crippen LogP contribution in [0.25, 0.3) is 0 Å². The van der Waals surface area contributed by atoms with Crippen LogP contribution < -0.4 is 9.47 Å². The van der Waals surface area contributed by atoms with E-state index in [2.05, 4.69) is 59.2 Å². The van der Waals surface area contributed by atoms with Gasteiger partial charge in [-0.25, -0.2) is 0 Å². The molecular weight excluding hydrogens is 400 g/mol. The van der Waals surface area contributed by atoms with Gasteiger partial charge in [-0.3, -0.25) is 9.80 Å². The van der Waals surface area contributed by atoms with Gasteiger partial charge in [0, 0.05) is 38.1 Å². The van der Waals surface area contributed by atoms with Crippen molar-refractivity contribution in [1.29, 1.82) is 0 Å². The standard InChI is InChI=1S/C27H36N2O3/c1-20-18-28(14-16-31-20)12-4-15-32-23-10-11-24-25(17-23)27-5-3-13-29(27)19-26(24)21-6-8-22(30-2)9-7-21/h6-11,17,20,26-27H,3-5,12-16,18-19H2,1-2H3/t20?,26-,27-/m0/s1. The molecule has 0 aromatic heterocycles. The maximum absolute atomic E-state index is 6.22. The maximum atomic E-state index is 6.22. The SMILES string of the molecule is COc1ccc([C@@H]2CN3CCC[C@H]3c3cc(OCCCN4CCOC(C)C4)ccc32)cc1. The van der Waals surface area contributed by atoms with Crippen molar-refractivity contribution in [2.45, 2.75) is 44.2 Å². The van der Waals surface area contributed by atoms with E-state index in [1.54, 1.807) is 7.11 Å². The van der Waals surface area contributed by atoms with Gasteiger partial charge in [0.05, 0.1) is 26.4 Å². The van der Waals surface area contributed by atoms with Crippen LogP contribution in [0, 0.1) is 0 Å². The first kappa shape index (κ1) is 21.7. The monoisotopic (exact) mass is 436 g/mol. The number of nitrogens with zero attached hydrogens (tertiary/aromatic N) is 2. The number of fused-ring (bicyclic) bond motifs is 3. The fourth-order valence-corrected chi connectivity index (χ4v) is 5.67. The zero-order valence-electron chi connectivity index (χ0n) is 19.5. The van der Waals surface area contributed by atoms with Crippen LogP contribution in [-0.2, 0) is 4.74 Å². The molecule has 32 heavy (non-hydrogen) atoms. The van der Waals surface area contributed by atoms with Gasteiger partial charge < -0.3 is 14.2 Å². The third-order valence-corrected chi connectivity index (χ3v) is 7.30. The molecule has 0 amide bonds.